The molecular weight excluding hydrogens is 276 g/mol. The lowest BCUT2D eigenvalue weighted by Gasteiger charge is -2.36. The predicted molar refractivity (Wildman–Crippen MR) is 91.8 cm³/mol. The number of hydrogen-bond acceptors (Lipinski definition) is 2. The van der Waals surface area contributed by atoms with Gasteiger partial charge in [-0.2, -0.15) is 0 Å². The molecule has 0 N–H and O–H groups in total. The molecule has 0 radical (unpaired) electrons. The Morgan fingerprint density at radius 3 is 2.10 bits per heavy atom. The average molecular weight is 300 g/mol. The molecule has 0 amide bonds. The van der Waals surface area contributed by atoms with Crippen LogP contribution in [0.3, 0.4) is 0 Å². The Morgan fingerprint density at radius 1 is 1.00 bits per heavy atom. The van der Waals surface area contributed by atoms with E-state index in [2.05, 4.69) is 33.9 Å². The highest BCUT2D eigenvalue weighted by molar-refractivity contribution is 6.74. The van der Waals surface area contributed by atoms with Crippen molar-refractivity contribution in [3.8, 4) is 5.75 Å². The van der Waals surface area contributed by atoms with Gasteiger partial charge < -0.3 is 4.43 Å². The van der Waals surface area contributed by atoms with Gasteiger partial charge in [0.05, 0.1) is 0 Å². The van der Waals surface area contributed by atoms with Crippen molar-refractivity contribution in [1.29, 1.82) is 0 Å². The molecule has 0 saturated heterocycles. The van der Waals surface area contributed by atoms with E-state index in [9.17, 15) is 4.79 Å². The number of hydrogen-bond donors (Lipinski definition) is 0. The van der Waals surface area contributed by atoms with Gasteiger partial charge in [0.15, 0.2) is 5.78 Å². The summed E-state index contributed by atoms with van der Waals surface area (Å²) in [7, 11) is -1.89. The molecule has 0 saturated carbocycles. The highest BCUT2D eigenvalue weighted by Crippen LogP contribution is 2.39. The number of carbonyl (C=O) groups is 1. The van der Waals surface area contributed by atoms with Gasteiger partial charge in [0.2, 0.25) is 0 Å². The van der Waals surface area contributed by atoms with E-state index in [0.29, 0.717) is 0 Å². The first kappa shape index (κ1) is 15.8. The summed E-state index contributed by atoms with van der Waals surface area (Å²) in [5, 5.41) is 2.14. The Morgan fingerprint density at radius 2 is 1.57 bits per heavy atom. The predicted octanol–water partition coefficient (Wildman–Crippen LogP) is 5.43. The summed E-state index contributed by atoms with van der Waals surface area (Å²) < 4.78 is 6.44. The second-order valence-corrected chi connectivity index (χ2v) is 11.8. The summed E-state index contributed by atoms with van der Waals surface area (Å²) in [6.45, 7) is 12.8. The van der Waals surface area contributed by atoms with Gasteiger partial charge in [0, 0.05) is 10.9 Å². The van der Waals surface area contributed by atoms with E-state index in [1.807, 2.05) is 36.4 Å². The lowest BCUT2D eigenvalue weighted by atomic mass is 10.0. The van der Waals surface area contributed by atoms with E-state index in [1.165, 1.54) is 0 Å². The molecule has 2 nitrogen and oxygen atoms in total. The maximum Gasteiger partial charge on any atom is 0.250 e. The fourth-order valence-corrected chi connectivity index (χ4v) is 3.13. The quantitative estimate of drug-likeness (QED) is 0.558. The van der Waals surface area contributed by atoms with Crippen LogP contribution in [0.2, 0.25) is 18.1 Å². The normalized spacial score (nSPS) is 12.5. The summed E-state index contributed by atoms with van der Waals surface area (Å²) in [6.07, 6.45) is 0. The van der Waals surface area contributed by atoms with Crippen molar-refractivity contribution >= 4 is 24.9 Å². The molecule has 2 aromatic carbocycles. The number of Topliss-reactive ketones (excluding diaryl/α,β-unsaturated/α-hetero) is 1. The van der Waals surface area contributed by atoms with Gasteiger partial charge in [-0.15, -0.1) is 0 Å². The van der Waals surface area contributed by atoms with Crippen molar-refractivity contribution in [2.45, 2.75) is 45.8 Å². The van der Waals surface area contributed by atoms with Crippen molar-refractivity contribution in [3.63, 3.8) is 0 Å². The van der Waals surface area contributed by atoms with Crippen LogP contribution in [0.1, 0.15) is 38.1 Å². The van der Waals surface area contributed by atoms with Crippen molar-refractivity contribution in [2.75, 3.05) is 0 Å². The zero-order chi connectivity index (χ0) is 15.8. The van der Waals surface area contributed by atoms with Crippen molar-refractivity contribution in [3.05, 3.63) is 42.0 Å². The largest absolute Gasteiger partial charge is 0.543 e. The highest BCUT2D eigenvalue weighted by atomic mass is 28.4. The summed E-state index contributed by atoms with van der Waals surface area (Å²) in [5.41, 5.74) is 0.758. The van der Waals surface area contributed by atoms with Crippen molar-refractivity contribution in [2.24, 2.45) is 0 Å². The fourth-order valence-electron chi connectivity index (χ4n) is 2.10. The Balaban J connectivity index is 2.57. The third kappa shape index (κ3) is 3.03. The van der Waals surface area contributed by atoms with Gasteiger partial charge in [-0.25, -0.2) is 0 Å². The SMILES string of the molecule is CC(=O)c1ccc(O[Si](C)(C)C(C)(C)C)c2ccccc12. The Kier molecular flexibility index (Phi) is 3.98. The van der Waals surface area contributed by atoms with E-state index >= 15 is 0 Å². The van der Waals surface area contributed by atoms with E-state index in [-0.39, 0.29) is 10.8 Å². The van der Waals surface area contributed by atoms with Crippen molar-refractivity contribution < 1.29 is 9.22 Å². The van der Waals surface area contributed by atoms with Crippen LogP contribution in [0.25, 0.3) is 10.8 Å². The third-order valence-electron chi connectivity index (χ3n) is 4.43. The molecule has 2 rings (SSSR count). The molecular formula is C18H24O2Si. The number of benzene rings is 2. The number of ketones is 1. The summed E-state index contributed by atoms with van der Waals surface area (Å²) in [6, 6.07) is 11.8. The molecule has 0 aliphatic rings. The second kappa shape index (κ2) is 5.30. The number of fused-ring (bicyclic) bond motifs is 1. The van der Waals surface area contributed by atoms with E-state index in [1.54, 1.807) is 6.92 Å². The summed E-state index contributed by atoms with van der Waals surface area (Å²) in [5.74, 6) is 0.979. The molecule has 0 spiro atoms. The molecule has 0 unspecified atom stereocenters. The van der Waals surface area contributed by atoms with Gasteiger partial charge in [-0.3, -0.25) is 4.79 Å². The van der Waals surface area contributed by atoms with Gasteiger partial charge in [0.1, 0.15) is 5.75 Å². The Hall–Kier alpha value is -1.61. The van der Waals surface area contributed by atoms with Crippen LogP contribution in [-0.2, 0) is 0 Å². The van der Waals surface area contributed by atoms with Gasteiger partial charge in [0.25, 0.3) is 8.32 Å². The smallest absolute Gasteiger partial charge is 0.250 e. The maximum absolute atomic E-state index is 11.8. The highest BCUT2D eigenvalue weighted by Gasteiger charge is 2.39. The van der Waals surface area contributed by atoms with Crippen molar-refractivity contribution in [1.82, 2.24) is 0 Å². The van der Waals surface area contributed by atoms with E-state index in [0.717, 1.165) is 22.1 Å². The Labute approximate surface area is 128 Å². The van der Waals surface area contributed by atoms with Gasteiger partial charge in [-0.05, 0) is 42.6 Å². The zero-order valence-electron chi connectivity index (χ0n) is 13.8. The summed E-state index contributed by atoms with van der Waals surface area (Å²) in [4.78, 5) is 11.8. The minimum absolute atomic E-state index is 0.0880. The molecule has 0 heterocycles. The topological polar surface area (TPSA) is 26.3 Å². The number of carbonyl (C=O) groups excluding carboxylic acids is 1. The first-order valence-corrected chi connectivity index (χ1v) is 10.3. The molecule has 0 aliphatic heterocycles. The van der Waals surface area contributed by atoms with Gasteiger partial charge in [-0.1, -0.05) is 45.0 Å². The number of rotatable bonds is 3. The molecule has 0 aliphatic carbocycles. The molecule has 0 atom stereocenters. The van der Waals surface area contributed by atoms with Gasteiger partial charge >= 0.3 is 0 Å². The molecule has 21 heavy (non-hydrogen) atoms. The molecule has 0 fully saturated rings. The first-order chi connectivity index (χ1) is 9.63. The lowest BCUT2D eigenvalue weighted by molar-refractivity contribution is 0.101. The monoisotopic (exact) mass is 300 g/mol. The molecule has 3 heteroatoms. The second-order valence-electron chi connectivity index (χ2n) is 7.08. The van der Waals surface area contributed by atoms with E-state index in [4.69, 9.17) is 4.43 Å². The Bertz CT molecular complexity index is 681. The minimum Gasteiger partial charge on any atom is -0.543 e. The summed E-state index contributed by atoms with van der Waals surface area (Å²) >= 11 is 0. The molecule has 0 bridgehead atoms. The van der Waals surface area contributed by atoms with Crippen LogP contribution in [0.4, 0.5) is 0 Å². The van der Waals surface area contributed by atoms with Crippen LogP contribution < -0.4 is 4.43 Å². The third-order valence-corrected chi connectivity index (χ3v) is 8.78. The standard InChI is InChI=1S/C18H24O2Si/c1-13(19)14-11-12-17(16-10-8-7-9-15(14)16)20-21(5,6)18(2,3)4/h7-12H,1-6H3. The molecule has 0 aromatic heterocycles. The lowest BCUT2D eigenvalue weighted by Crippen LogP contribution is -2.43. The van der Waals surface area contributed by atoms with Crippen LogP contribution in [0.15, 0.2) is 36.4 Å². The fraction of sp³-hybridized carbons (Fsp3) is 0.389. The maximum atomic E-state index is 11.8. The van der Waals surface area contributed by atoms with Crippen LogP contribution in [0.5, 0.6) is 5.75 Å². The van der Waals surface area contributed by atoms with Crippen LogP contribution in [0, 0.1) is 0 Å². The van der Waals surface area contributed by atoms with Crippen LogP contribution >= 0.6 is 0 Å². The van der Waals surface area contributed by atoms with Crippen LogP contribution in [-0.4, -0.2) is 14.1 Å². The average Bonchev–Trinajstić information content (AvgIpc) is 2.37. The first-order valence-electron chi connectivity index (χ1n) is 7.35. The molecule has 112 valence electrons. The zero-order valence-corrected chi connectivity index (χ0v) is 14.8. The minimum atomic E-state index is -1.89. The molecule has 2 aromatic rings. The van der Waals surface area contributed by atoms with E-state index < -0.39 is 8.32 Å².